The van der Waals surface area contributed by atoms with Crippen LogP contribution in [0.2, 0.25) is 15.7 Å². The zero-order chi connectivity index (χ0) is 25.4. The first-order chi connectivity index (χ1) is 17.3. The van der Waals surface area contributed by atoms with Crippen molar-refractivity contribution >= 4 is 88.7 Å². The fourth-order valence-corrected chi connectivity index (χ4v) is 5.95. The molecule has 1 N–H and O–H groups in total. The van der Waals surface area contributed by atoms with Gasteiger partial charge in [-0.3, -0.25) is 9.78 Å². The van der Waals surface area contributed by atoms with Crippen molar-refractivity contribution in [2.75, 3.05) is 13.2 Å². The monoisotopic (exact) mass is 682 g/mol. The summed E-state index contributed by atoms with van der Waals surface area (Å²) in [5.74, 6) is 0. The highest BCUT2D eigenvalue weighted by atomic mass is 79.9. The number of rotatable bonds is 2. The summed E-state index contributed by atoms with van der Waals surface area (Å²) >= 11 is 24.3. The Morgan fingerprint density at radius 2 is 1.36 bits per heavy atom. The second-order valence-corrected chi connectivity index (χ2v) is 10.7. The number of aromatic amines is 1. The van der Waals surface area contributed by atoms with Crippen LogP contribution in [0, 0.1) is 0 Å². The second kappa shape index (κ2) is 11.2. The van der Waals surface area contributed by atoms with Gasteiger partial charge in [-0.1, -0.05) is 11.6 Å². The summed E-state index contributed by atoms with van der Waals surface area (Å²) in [4.78, 5) is 26.5. The average molecular weight is 686 g/mol. The van der Waals surface area contributed by atoms with E-state index in [9.17, 15) is 4.79 Å². The second-order valence-electron chi connectivity index (χ2n) is 8.15. The molecule has 192 valence electrons. The van der Waals surface area contributed by atoms with Gasteiger partial charge in [0.15, 0.2) is 23.8 Å². The molecule has 2 fully saturated rings. The van der Waals surface area contributed by atoms with Crippen LogP contribution in [0.3, 0.4) is 0 Å². The number of nitrogens with one attached hydrogen (secondary N) is 1. The van der Waals surface area contributed by atoms with Crippen molar-refractivity contribution in [1.82, 2.24) is 39.5 Å². The molecule has 0 aliphatic carbocycles. The third kappa shape index (κ3) is 5.29. The van der Waals surface area contributed by atoms with Gasteiger partial charge in [0, 0.05) is 13.2 Å². The minimum atomic E-state index is -0.307. The van der Waals surface area contributed by atoms with Gasteiger partial charge in [-0.05, 0) is 93.6 Å². The van der Waals surface area contributed by atoms with Crippen molar-refractivity contribution in [2.24, 2.45) is 0 Å². The lowest BCUT2D eigenvalue weighted by molar-refractivity contribution is -0.0373. The zero-order valence-electron chi connectivity index (χ0n) is 18.6. The van der Waals surface area contributed by atoms with Crippen LogP contribution in [0.4, 0.5) is 0 Å². The zero-order valence-corrected chi connectivity index (χ0v) is 24.0. The number of hydrogen-bond donors (Lipinski definition) is 1. The Balaban J connectivity index is 0.000000148. The lowest BCUT2D eigenvalue weighted by Gasteiger charge is -2.22. The van der Waals surface area contributed by atoms with Crippen molar-refractivity contribution in [1.29, 1.82) is 0 Å². The van der Waals surface area contributed by atoms with Crippen molar-refractivity contribution in [3.05, 3.63) is 35.3 Å². The molecule has 2 aliphatic rings. The van der Waals surface area contributed by atoms with Crippen LogP contribution >= 0.6 is 66.7 Å². The molecule has 0 spiro atoms. The molecule has 0 aromatic carbocycles. The molecule has 0 bridgehead atoms. The number of fused-ring (bicyclic) bond motifs is 2. The SMILES string of the molecule is Clc1nc(Cl)c2c(Br)nn(C3CCCCO3)c2n1.O=c1[nH]c(Cl)nc2c1c(Br)nn2C1CCCCO1. The first-order valence-electron chi connectivity index (χ1n) is 11.2. The molecule has 4 aromatic rings. The van der Waals surface area contributed by atoms with Crippen molar-refractivity contribution in [3.8, 4) is 0 Å². The number of H-pyrrole nitrogens is 1. The lowest BCUT2D eigenvalue weighted by atomic mass is 10.2. The molecular formula is C20H19Br2Cl3N8O3. The highest BCUT2D eigenvalue weighted by molar-refractivity contribution is 9.10. The average Bonchev–Trinajstić information content (AvgIpc) is 3.37. The molecule has 2 aliphatic heterocycles. The van der Waals surface area contributed by atoms with Crippen LogP contribution < -0.4 is 5.56 Å². The van der Waals surface area contributed by atoms with E-state index in [1.165, 1.54) is 0 Å². The van der Waals surface area contributed by atoms with Gasteiger partial charge < -0.3 is 9.47 Å². The summed E-state index contributed by atoms with van der Waals surface area (Å²) in [5.41, 5.74) is 0.736. The Morgan fingerprint density at radius 1 is 0.806 bits per heavy atom. The predicted octanol–water partition coefficient (Wildman–Crippen LogP) is 5.83. The van der Waals surface area contributed by atoms with E-state index in [4.69, 9.17) is 44.3 Å². The summed E-state index contributed by atoms with van der Waals surface area (Å²) in [6.07, 6.45) is 5.76. The Kier molecular flexibility index (Phi) is 8.15. The molecule has 2 saturated heterocycles. The molecule has 0 amide bonds. The van der Waals surface area contributed by atoms with E-state index in [1.54, 1.807) is 9.36 Å². The van der Waals surface area contributed by atoms with Crippen molar-refractivity contribution in [3.63, 3.8) is 0 Å². The van der Waals surface area contributed by atoms with Crippen LogP contribution in [0.1, 0.15) is 51.0 Å². The summed E-state index contributed by atoms with van der Waals surface area (Å²) in [6.45, 7) is 1.43. The smallest absolute Gasteiger partial charge is 0.264 e. The summed E-state index contributed by atoms with van der Waals surface area (Å²) in [6, 6.07) is 0. The molecular weight excluding hydrogens is 666 g/mol. The minimum absolute atomic E-state index is 0.0527. The molecule has 36 heavy (non-hydrogen) atoms. The van der Waals surface area contributed by atoms with E-state index in [-0.39, 0.29) is 28.6 Å². The predicted molar refractivity (Wildman–Crippen MR) is 142 cm³/mol. The van der Waals surface area contributed by atoms with Crippen LogP contribution in [0.15, 0.2) is 14.0 Å². The third-order valence-corrected chi connectivity index (χ3v) is 7.52. The first-order valence-corrected chi connectivity index (χ1v) is 13.9. The van der Waals surface area contributed by atoms with E-state index in [1.807, 2.05) is 0 Å². The molecule has 2 atom stereocenters. The molecule has 6 heterocycles. The molecule has 0 saturated carbocycles. The number of nitrogens with zero attached hydrogens (tertiary/aromatic N) is 7. The Labute approximate surface area is 236 Å². The highest BCUT2D eigenvalue weighted by Gasteiger charge is 2.24. The summed E-state index contributed by atoms with van der Waals surface area (Å²) in [5, 5.41) is 10.2. The lowest BCUT2D eigenvalue weighted by Crippen LogP contribution is -2.20. The normalized spacial score (nSPS) is 20.5. The maximum Gasteiger partial charge on any atom is 0.264 e. The quantitative estimate of drug-likeness (QED) is 0.207. The van der Waals surface area contributed by atoms with Gasteiger partial charge in [0.1, 0.15) is 19.7 Å². The summed E-state index contributed by atoms with van der Waals surface area (Å²) in [7, 11) is 0. The molecule has 6 rings (SSSR count). The van der Waals surface area contributed by atoms with Gasteiger partial charge in [0.05, 0.1) is 5.39 Å². The highest BCUT2D eigenvalue weighted by Crippen LogP contribution is 2.33. The molecule has 11 nitrogen and oxygen atoms in total. The molecule has 16 heteroatoms. The van der Waals surface area contributed by atoms with Crippen molar-refractivity contribution in [2.45, 2.75) is 51.0 Å². The van der Waals surface area contributed by atoms with Crippen LogP contribution in [-0.4, -0.2) is 52.7 Å². The fraction of sp³-hybridized carbons (Fsp3) is 0.500. The van der Waals surface area contributed by atoms with E-state index in [0.29, 0.717) is 43.0 Å². The fourth-order valence-electron chi connectivity index (χ4n) is 4.15. The van der Waals surface area contributed by atoms with E-state index >= 15 is 0 Å². The number of hydrogen-bond acceptors (Lipinski definition) is 8. The van der Waals surface area contributed by atoms with Crippen molar-refractivity contribution < 1.29 is 9.47 Å². The van der Waals surface area contributed by atoms with E-state index in [0.717, 1.165) is 45.1 Å². The molecule has 4 aromatic heterocycles. The first kappa shape index (κ1) is 26.3. The van der Waals surface area contributed by atoms with E-state index in [2.05, 4.69) is 62.0 Å². The largest absolute Gasteiger partial charge is 0.356 e. The van der Waals surface area contributed by atoms with E-state index < -0.39 is 0 Å². The van der Waals surface area contributed by atoms with Gasteiger partial charge >= 0.3 is 0 Å². The number of halogens is 5. The minimum Gasteiger partial charge on any atom is -0.356 e. The van der Waals surface area contributed by atoms with Gasteiger partial charge in [0.2, 0.25) is 10.6 Å². The molecule has 0 radical (unpaired) electrons. The maximum atomic E-state index is 11.8. The number of ether oxygens (including phenoxy) is 2. The number of aromatic nitrogens is 8. The Hall–Kier alpha value is -1.35. The third-order valence-electron chi connectivity index (χ3n) is 5.78. The van der Waals surface area contributed by atoms with Crippen LogP contribution in [-0.2, 0) is 9.47 Å². The maximum absolute atomic E-state index is 11.8. The standard InChI is InChI=1S/C10H9BrCl2N4O.C10H10BrClN4O2/c11-7-6-8(12)14-10(13)15-9(6)17(16-7)5-3-1-2-4-18-5;11-7-6-8(13-10(12)14-9(6)17)16(15-7)5-3-1-2-4-18-5/h5H,1-4H2;5H,1-4H2,(H,13,14,17). The van der Waals surface area contributed by atoms with Gasteiger partial charge in [-0.2, -0.15) is 20.2 Å². The van der Waals surface area contributed by atoms with Gasteiger partial charge in [0.25, 0.3) is 5.56 Å². The Morgan fingerprint density at radius 3 is 1.92 bits per heavy atom. The van der Waals surface area contributed by atoms with Crippen LogP contribution in [0.25, 0.3) is 22.1 Å². The molecule has 2 unspecified atom stereocenters. The Bertz CT molecular complexity index is 1460. The topological polar surface area (TPSA) is 126 Å². The summed E-state index contributed by atoms with van der Waals surface area (Å²) < 4.78 is 15.8. The van der Waals surface area contributed by atoms with Crippen LogP contribution in [0.5, 0.6) is 0 Å². The van der Waals surface area contributed by atoms with Gasteiger partial charge in [-0.15, -0.1) is 0 Å². The van der Waals surface area contributed by atoms with Gasteiger partial charge in [-0.25, -0.2) is 14.3 Å².